The number of benzene rings is 1. The minimum Gasteiger partial charge on any atom is -0.386 e. The molecule has 0 fully saturated rings. The standard InChI is InChI=1S/C14H16N2O/c1-10-9-13(16-8-4-7-15-16)14(17)12-6-3-2-5-11(10)12/h2-8,10,13-14,17H,9H2,1H3. The maximum atomic E-state index is 10.4. The average molecular weight is 228 g/mol. The van der Waals surface area contributed by atoms with Gasteiger partial charge < -0.3 is 5.11 Å². The van der Waals surface area contributed by atoms with Crippen molar-refractivity contribution >= 4 is 0 Å². The Kier molecular flexibility index (Phi) is 2.48. The second kappa shape index (κ2) is 4.00. The first kappa shape index (κ1) is 10.5. The summed E-state index contributed by atoms with van der Waals surface area (Å²) in [6.45, 7) is 2.21. The molecule has 0 saturated heterocycles. The zero-order valence-corrected chi connectivity index (χ0v) is 9.82. The molecule has 1 N–H and O–H groups in total. The van der Waals surface area contributed by atoms with Crippen molar-refractivity contribution in [3.05, 3.63) is 53.9 Å². The van der Waals surface area contributed by atoms with Crippen LogP contribution in [0.4, 0.5) is 0 Å². The Morgan fingerprint density at radius 3 is 2.71 bits per heavy atom. The Morgan fingerprint density at radius 2 is 2.00 bits per heavy atom. The topological polar surface area (TPSA) is 38.0 Å². The van der Waals surface area contributed by atoms with Crippen molar-refractivity contribution in [3.8, 4) is 0 Å². The van der Waals surface area contributed by atoms with Crippen LogP contribution in [0.5, 0.6) is 0 Å². The van der Waals surface area contributed by atoms with Gasteiger partial charge in [0.25, 0.3) is 0 Å². The van der Waals surface area contributed by atoms with Crippen molar-refractivity contribution < 1.29 is 5.11 Å². The number of aromatic nitrogens is 2. The first-order valence-electron chi connectivity index (χ1n) is 6.03. The van der Waals surface area contributed by atoms with E-state index in [0.717, 1.165) is 12.0 Å². The van der Waals surface area contributed by atoms with Crippen molar-refractivity contribution in [2.75, 3.05) is 0 Å². The molecule has 0 aliphatic heterocycles. The van der Waals surface area contributed by atoms with Gasteiger partial charge >= 0.3 is 0 Å². The molecule has 3 rings (SSSR count). The molecule has 0 spiro atoms. The predicted molar refractivity (Wildman–Crippen MR) is 65.7 cm³/mol. The molecule has 1 aliphatic carbocycles. The van der Waals surface area contributed by atoms with E-state index in [1.807, 2.05) is 35.1 Å². The molecule has 1 aliphatic rings. The highest BCUT2D eigenvalue weighted by Gasteiger charge is 2.32. The van der Waals surface area contributed by atoms with Gasteiger partial charge in [0.05, 0.1) is 6.04 Å². The molecule has 0 bridgehead atoms. The number of aliphatic hydroxyl groups is 1. The van der Waals surface area contributed by atoms with Crippen LogP contribution in [-0.4, -0.2) is 14.9 Å². The summed E-state index contributed by atoms with van der Waals surface area (Å²) in [5.74, 6) is 0.462. The summed E-state index contributed by atoms with van der Waals surface area (Å²) in [6.07, 6.45) is 4.16. The normalized spacial score (nSPS) is 27.8. The molecule has 1 aromatic heterocycles. The summed E-state index contributed by atoms with van der Waals surface area (Å²) >= 11 is 0. The van der Waals surface area contributed by atoms with Crippen LogP contribution in [0.25, 0.3) is 0 Å². The Labute approximate surface area is 101 Å². The molecule has 3 heteroatoms. The molecule has 0 amide bonds. The summed E-state index contributed by atoms with van der Waals surface area (Å²) in [5, 5.41) is 14.7. The van der Waals surface area contributed by atoms with Gasteiger partial charge in [-0.3, -0.25) is 4.68 Å². The summed E-state index contributed by atoms with van der Waals surface area (Å²) in [6, 6.07) is 10.1. The average Bonchev–Trinajstić information content (AvgIpc) is 2.87. The summed E-state index contributed by atoms with van der Waals surface area (Å²) < 4.78 is 1.87. The molecule has 17 heavy (non-hydrogen) atoms. The lowest BCUT2D eigenvalue weighted by Gasteiger charge is -2.34. The maximum absolute atomic E-state index is 10.4. The second-order valence-corrected chi connectivity index (χ2v) is 4.76. The van der Waals surface area contributed by atoms with E-state index in [-0.39, 0.29) is 6.04 Å². The Morgan fingerprint density at radius 1 is 1.24 bits per heavy atom. The number of rotatable bonds is 1. The van der Waals surface area contributed by atoms with E-state index in [2.05, 4.69) is 18.1 Å². The molecule has 1 aromatic carbocycles. The quantitative estimate of drug-likeness (QED) is 0.814. The van der Waals surface area contributed by atoms with Crippen molar-refractivity contribution in [1.29, 1.82) is 0 Å². The molecule has 88 valence electrons. The SMILES string of the molecule is CC1CC(n2cccn2)C(O)c2ccccc21. The third-order valence-corrected chi connectivity index (χ3v) is 3.67. The third kappa shape index (κ3) is 1.67. The van der Waals surface area contributed by atoms with Gasteiger partial charge in [0.1, 0.15) is 6.10 Å². The van der Waals surface area contributed by atoms with Crippen molar-refractivity contribution in [2.24, 2.45) is 0 Å². The van der Waals surface area contributed by atoms with Crippen LogP contribution in [0.2, 0.25) is 0 Å². The van der Waals surface area contributed by atoms with Gasteiger partial charge in [-0.2, -0.15) is 5.10 Å². The van der Waals surface area contributed by atoms with Crippen LogP contribution in [0.3, 0.4) is 0 Å². The van der Waals surface area contributed by atoms with Gasteiger partial charge in [-0.05, 0) is 29.5 Å². The van der Waals surface area contributed by atoms with Crippen molar-refractivity contribution in [3.63, 3.8) is 0 Å². The van der Waals surface area contributed by atoms with E-state index in [4.69, 9.17) is 0 Å². The number of fused-ring (bicyclic) bond motifs is 1. The van der Waals surface area contributed by atoms with E-state index in [1.54, 1.807) is 6.20 Å². The van der Waals surface area contributed by atoms with Crippen LogP contribution in [-0.2, 0) is 0 Å². The molecule has 0 radical (unpaired) electrons. The van der Waals surface area contributed by atoms with E-state index < -0.39 is 6.10 Å². The second-order valence-electron chi connectivity index (χ2n) is 4.76. The van der Waals surface area contributed by atoms with Crippen LogP contribution in [0.15, 0.2) is 42.7 Å². The van der Waals surface area contributed by atoms with Gasteiger partial charge in [0, 0.05) is 12.4 Å². The van der Waals surface area contributed by atoms with E-state index >= 15 is 0 Å². The van der Waals surface area contributed by atoms with E-state index in [1.165, 1.54) is 5.56 Å². The van der Waals surface area contributed by atoms with Crippen LogP contribution < -0.4 is 0 Å². The van der Waals surface area contributed by atoms with E-state index in [9.17, 15) is 5.11 Å². The molecule has 3 atom stereocenters. The Bertz CT molecular complexity index is 507. The fourth-order valence-corrected chi connectivity index (χ4v) is 2.78. The molecular formula is C14H16N2O. The summed E-state index contributed by atoms with van der Waals surface area (Å²) in [7, 11) is 0. The highest BCUT2D eigenvalue weighted by molar-refractivity contribution is 5.35. The van der Waals surface area contributed by atoms with Crippen LogP contribution in [0.1, 0.15) is 42.5 Å². The van der Waals surface area contributed by atoms with Gasteiger partial charge in [0.2, 0.25) is 0 Å². The number of aliphatic hydroxyl groups excluding tert-OH is 1. The molecule has 3 nitrogen and oxygen atoms in total. The van der Waals surface area contributed by atoms with Gasteiger partial charge in [0.15, 0.2) is 0 Å². The minimum atomic E-state index is -0.456. The number of nitrogens with zero attached hydrogens (tertiary/aromatic N) is 2. The fourth-order valence-electron chi connectivity index (χ4n) is 2.78. The zero-order chi connectivity index (χ0) is 11.8. The number of hydrogen-bond acceptors (Lipinski definition) is 2. The van der Waals surface area contributed by atoms with Crippen molar-refractivity contribution in [2.45, 2.75) is 31.4 Å². The van der Waals surface area contributed by atoms with Crippen LogP contribution >= 0.6 is 0 Å². The zero-order valence-electron chi connectivity index (χ0n) is 9.82. The number of hydrogen-bond donors (Lipinski definition) is 1. The summed E-state index contributed by atoms with van der Waals surface area (Å²) in [4.78, 5) is 0. The highest BCUT2D eigenvalue weighted by Crippen LogP contribution is 2.42. The first-order chi connectivity index (χ1) is 8.27. The Balaban J connectivity index is 2.03. The van der Waals surface area contributed by atoms with Gasteiger partial charge in [-0.1, -0.05) is 31.2 Å². The lowest BCUT2D eigenvalue weighted by molar-refractivity contribution is 0.0865. The smallest absolute Gasteiger partial charge is 0.102 e. The lowest BCUT2D eigenvalue weighted by Crippen LogP contribution is -2.26. The third-order valence-electron chi connectivity index (χ3n) is 3.67. The molecular weight excluding hydrogens is 212 g/mol. The summed E-state index contributed by atoms with van der Waals surface area (Å²) in [5.41, 5.74) is 2.31. The minimum absolute atomic E-state index is 0.0508. The van der Waals surface area contributed by atoms with Crippen LogP contribution in [0, 0.1) is 0 Å². The highest BCUT2D eigenvalue weighted by atomic mass is 16.3. The van der Waals surface area contributed by atoms with E-state index in [0.29, 0.717) is 5.92 Å². The molecule has 3 unspecified atom stereocenters. The lowest BCUT2D eigenvalue weighted by atomic mass is 9.79. The Hall–Kier alpha value is -1.61. The largest absolute Gasteiger partial charge is 0.386 e. The molecule has 1 heterocycles. The van der Waals surface area contributed by atoms with Gasteiger partial charge in [-0.25, -0.2) is 0 Å². The first-order valence-corrected chi connectivity index (χ1v) is 6.03. The molecule has 2 aromatic rings. The van der Waals surface area contributed by atoms with Gasteiger partial charge in [-0.15, -0.1) is 0 Å². The monoisotopic (exact) mass is 228 g/mol. The van der Waals surface area contributed by atoms with Crippen molar-refractivity contribution in [1.82, 2.24) is 9.78 Å². The maximum Gasteiger partial charge on any atom is 0.102 e. The molecule has 0 saturated carbocycles. The predicted octanol–water partition coefficient (Wildman–Crippen LogP) is 2.67. The fraction of sp³-hybridized carbons (Fsp3) is 0.357.